The summed E-state index contributed by atoms with van der Waals surface area (Å²) < 4.78 is 5.70. The first-order valence-corrected chi connectivity index (χ1v) is 5.13. The van der Waals surface area contributed by atoms with Gasteiger partial charge >= 0.3 is 5.97 Å². The van der Waals surface area contributed by atoms with E-state index >= 15 is 0 Å². The van der Waals surface area contributed by atoms with E-state index in [1.807, 2.05) is 0 Å². The summed E-state index contributed by atoms with van der Waals surface area (Å²) in [4.78, 5) is 10.8. The van der Waals surface area contributed by atoms with E-state index in [1.54, 1.807) is 0 Å². The Labute approximate surface area is 78.1 Å². The summed E-state index contributed by atoms with van der Waals surface area (Å²) in [5.74, 6) is -0.786. The fraction of sp³-hybridized carbons (Fsp3) is 0.900. The van der Waals surface area contributed by atoms with Crippen molar-refractivity contribution in [1.29, 1.82) is 0 Å². The summed E-state index contributed by atoms with van der Waals surface area (Å²) in [7, 11) is 0. The molecule has 1 heterocycles. The van der Waals surface area contributed by atoms with Crippen LogP contribution in [0.1, 0.15) is 44.9 Å². The van der Waals surface area contributed by atoms with E-state index in [9.17, 15) is 4.79 Å². The predicted molar refractivity (Wildman–Crippen MR) is 47.6 cm³/mol. The van der Waals surface area contributed by atoms with E-state index < -0.39 is 12.1 Å². The lowest BCUT2D eigenvalue weighted by Gasteiger charge is -2.36. The molecule has 0 aromatic carbocycles. The second-order valence-electron chi connectivity index (χ2n) is 4.23. The molecule has 2 fully saturated rings. The van der Waals surface area contributed by atoms with E-state index in [0.29, 0.717) is 6.42 Å². The molecule has 3 heteroatoms. The maximum Gasteiger partial charge on any atom is 0.332 e. The van der Waals surface area contributed by atoms with Gasteiger partial charge in [0.15, 0.2) is 6.10 Å². The summed E-state index contributed by atoms with van der Waals surface area (Å²) in [5, 5.41) is 8.86. The van der Waals surface area contributed by atoms with Crippen LogP contribution in [0.3, 0.4) is 0 Å². The molecule has 1 saturated carbocycles. The second-order valence-corrected chi connectivity index (χ2v) is 4.23. The highest BCUT2D eigenvalue weighted by Crippen LogP contribution is 2.41. The highest BCUT2D eigenvalue weighted by atomic mass is 16.5. The number of carbonyl (C=O) groups is 1. The number of carboxylic acids is 1. The molecule has 74 valence electrons. The zero-order valence-corrected chi connectivity index (χ0v) is 7.79. The maximum absolute atomic E-state index is 10.8. The van der Waals surface area contributed by atoms with E-state index in [4.69, 9.17) is 9.84 Å². The normalized spacial score (nSPS) is 32.2. The number of hydrogen-bond acceptors (Lipinski definition) is 2. The van der Waals surface area contributed by atoms with Crippen LogP contribution < -0.4 is 0 Å². The van der Waals surface area contributed by atoms with Gasteiger partial charge in [0.1, 0.15) is 0 Å². The van der Waals surface area contributed by atoms with Crippen molar-refractivity contribution in [1.82, 2.24) is 0 Å². The maximum atomic E-state index is 10.8. The number of aliphatic carboxylic acids is 1. The lowest BCUT2D eigenvalue weighted by molar-refractivity contribution is -0.174. The van der Waals surface area contributed by atoms with Gasteiger partial charge in [-0.2, -0.15) is 0 Å². The third kappa shape index (κ3) is 1.70. The van der Waals surface area contributed by atoms with Crippen LogP contribution in [0.2, 0.25) is 0 Å². The lowest BCUT2D eigenvalue weighted by atomic mass is 9.90. The predicted octanol–water partition coefficient (Wildman–Crippen LogP) is 1.95. The van der Waals surface area contributed by atoms with Gasteiger partial charge in [0, 0.05) is 0 Å². The average Bonchev–Trinajstić information content (AvgIpc) is 2.53. The van der Waals surface area contributed by atoms with Crippen molar-refractivity contribution in [3.63, 3.8) is 0 Å². The van der Waals surface area contributed by atoms with Crippen LogP contribution in [0.5, 0.6) is 0 Å². The zero-order chi connectivity index (χ0) is 9.31. The largest absolute Gasteiger partial charge is 0.479 e. The first-order valence-electron chi connectivity index (χ1n) is 5.13. The number of rotatable bonds is 1. The van der Waals surface area contributed by atoms with Crippen LogP contribution in [0.15, 0.2) is 0 Å². The van der Waals surface area contributed by atoms with Crippen molar-refractivity contribution in [2.24, 2.45) is 0 Å². The van der Waals surface area contributed by atoms with Crippen molar-refractivity contribution < 1.29 is 14.6 Å². The Morgan fingerprint density at radius 1 is 1.23 bits per heavy atom. The molecular weight excluding hydrogens is 168 g/mol. The molecule has 2 aliphatic rings. The molecule has 1 unspecified atom stereocenters. The number of ether oxygens (including phenoxy) is 1. The quantitative estimate of drug-likeness (QED) is 0.677. The van der Waals surface area contributed by atoms with Gasteiger partial charge in [-0.1, -0.05) is 12.8 Å². The number of carboxylic acid groups (broad SMARTS) is 1. The van der Waals surface area contributed by atoms with Crippen molar-refractivity contribution in [3.8, 4) is 0 Å². The van der Waals surface area contributed by atoms with Gasteiger partial charge in [0.05, 0.1) is 5.60 Å². The topological polar surface area (TPSA) is 46.5 Å². The van der Waals surface area contributed by atoms with Gasteiger partial charge in [0.25, 0.3) is 0 Å². The van der Waals surface area contributed by atoms with Gasteiger partial charge in [-0.15, -0.1) is 0 Å². The van der Waals surface area contributed by atoms with E-state index in [-0.39, 0.29) is 5.60 Å². The minimum absolute atomic E-state index is 0.0543. The van der Waals surface area contributed by atoms with E-state index in [0.717, 1.165) is 25.7 Å². The van der Waals surface area contributed by atoms with E-state index in [2.05, 4.69) is 0 Å². The summed E-state index contributed by atoms with van der Waals surface area (Å²) >= 11 is 0. The van der Waals surface area contributed by atoms with Gasteiger partial charge < -0.3 is 9.84 Å². The summed E-state index contributed by atoms with van der Waals surface area (Å²) in [6.07, 6.45) is 6.77. The molecule has 0 radical (unpaired) electrons. The zero-order valence-electron chi connectivity index (χ0n) is 7.79. The monoisotopic (exact) mass is 184 g/mol. The molecule has 1 aliphatic carbocycles. The first kappa shape index (κ1) is 9.00. The molecule has 0 bridgehead atoms. The molecule has 2 rings (SSSR count). The Bertz CT molecular complexity index is 206. The summed E-state index contributed by atoms with van der Waals surface area (Å²) in [5.41, 5.74) is -0.0543. The van der Waals surface area contributed by atoms with Gasteiger partial charge in [0.2, 0.25) is 0 Å². The van der Waals surface area contributed by atoms with Gasteiger partial charge in [-0.05, 0) is 32.1 Å². The minimum Gasteiger partial charge on any atom is -0.479 e. The van der Waals surface area contributed by atoms with Crippen LogP contribution in [0, 0.1) is 0 Å². The molecule has 1 aliphatic heterocycles. The molecule has 3 nitrogen and oxygen atoms in total. The highest BCUT2D eigenvalue weighted by molar-refractivity contribution is 5.72. The Hall–Kier alpha value is -0.570. The van der Waals surface area contributed by atoms with Crippen LogP contribution in [0.4, 0.5) is 0 Å². The smallest absolute Gasteiger partial charge is 0.332 e. The van der Waals surface area contributed by atoms with Gasteiger partial charge in [-0.3, -0.25) is 0 Å². The van der Waals surface area contributed by atoms with Crippen LogP contribution in [-0.2, 0) is 9.53 Å². The molecule has 0 aromatic heterocycles. The van der Waals surface area contributed by atoms with Crippen LogP contribution in [-0.4, -0.2) is 22.8 Å². The first-order chi connectivity index (χ1) is 6.22. The Morgan fingerprint density at radius 3 is 2.46 bits per heavy atom. The molecule has 1 atom stereocenters. The molecule has 1 spiro atoms. The summed E-state index contributed by atoms with van der Waals surface area (Å²) in [6.45, 7) is 0. The third-order valence-corrected chi connectivity index (χ3v) is 3.28. The van der Waals surface area contributed by atoms with E-state index in [1.165, 1.54) is 12.8 Å². The van der Waals surface area contributed by atoms with Crippen LogP contribution >= 0.6 is 0 Å². The molecule has 1 saturated heterocycles. The molecule has 0 amide bonds. The standard InChI is InChI=1S/C10H16O3/c11-9(12)8-4-3-7-10(13-8)5-1-2-6-10/h8H,1-7H2,(H,11,12). The van der Waals surface area contributed by atoms with Crippen molar-refractivity contribution in [2.45, 2.75) is 56.7 Å². The Morgan fingerprint density at radius 2 is 1.85 bits per heavy atom. The third-order valence-electron chi connectivity index (χ3n) is 3.28. The van der Waals surface area contributed by atoms with Crippen molar-refractivity contribution in [2.75, 3.05) is 0 Å². The fourth-order valence-electron chi connectivity index (χ4n) is 2.59. The average molecular weight is 184 g/mol. The lowest BCUT2D eigenvalue weighted by Crippen LogP contribution is -2.41. The summed E-state index contributed by atoms with van der Waals surface area (Å²) in [6, 6.07) is 0. The Kier molecular flexibility index (Phi) is 2.28. The molecule has 13 heavy (non-hydrogen) atoms. The van der Waals surface area contributed by atoms with Crippen molar-refractivity contribution in [3.05, 3.63) is 0 Å². The second kappa shape index (κ2) is 3.29. The fourth-order valence-corrected chi connectivity index (χ4v) is 2.59. The molecule has 1 N–H and O–H groups in total. The van der Waals surface area contributed by atoms with Crippen molar-refractivity contribution >= 4 is 5.97 Å². The Balaban J connectivity index is 2.02. The SMILES string of the molecule is O=C(O)C1CCCC2(CCCC2)O1. The molecule has 0 aromatic rings. The highest BCUT2D eigenvalue weighted by Gasteiger charge is 2.41. The van der Waals surface area contributed by atoms with Crippen LogP contribution in [0.25, 0.3) is 0 Å². The number of hydrogen-bond donors (Lipinski definition) is 1. The van der Waals surface area contributed by atoms with Gasteiger partial charge in [-0.25, -0.2) is 4.79 Å². The minimum atomic E-state index is -0.786. The molecular formula is C10H16O3.